The van der Waals surface area contributed by atoms with Gasteiger partial charge in [-0.05, 0) is 62.9 Å². The summed E-state index contributed by atoms with van der Waals surface area (Å²) in [7, 11) is 0. The number of furan rings is 1. The van der Waals surface area contributed by atoms with Gasteiger partial charge in [-0.3, -0.25) is 0 Å². The monoisotopic (exact) mass is 359 g/mol. The largest absolute Gasteiger partial charge is 0.460 e. The van der Waals surface area contributed by atoms with Crippen LogP contribution >= 0.6 is 15.9 Å². The Morgan fingerprint density at radius 3 is 2.68 bits per heavy atom. The minimum Gasteiger partial charge on any atom is -0.460 e. The first-order valence-corrected chi connectivity index (χ1v) is 8.84. The molecule has 2 aromatic rings. The molecule has 3 rings (SSSR count). The minimum atomic E-state index is 0.795. The summed E-state index contributed by atoms with van der Waals surface area (Å²) in [6, 6.07) is 12.3. The predicted octanol–water partition coefficient (Wildman–Crippen LogP) is 5.69. The first kappa shape index (κ1) is 15.6. The van der Waals surface area contributed by atoms with Crippen molar-refractivity contribution in [3.63, 3.8) is 0 Å². The number of benzene rings is 1. The standard InChI is InChI=1S/C19H22BrNO/c20-17-8-6-16(7-9-17)19-11-10-18(22-19)14-21-13-12-15-4-2-1-3-5-15/h4,6-11,21H,1-3,5,12-14H2. The lowest BCUT2D eigenvalue weighted by molar-refractivity contribution is 0.493. The fourth-order valence-electron chi connectivity index (χ4n) is 2.83. The molecular formula is C19H22BrNO. The van der Waals surface area contributed by atoms with Crippen molar-refractivity contribution in [3.05, 3.63) is 58.3 Å². The van der Waals surface area contributed by atoms with Crippen molar-refractivity contribution >= 4 is 15.9 Å². The summed E-state index contributed by atoms with van der Waals surface area (Å²) in [6.07, 6.45) is 8.87. The molecule has 0 unspecified atom stereocenters. The molecule has 0 spiro atoms. The Balaban J connectivity index is 1.47. The van der Waals surface area contributed by atoms with Gasteiger partial charge < -0.3 is 9.73 Å². The summed E-state index contributed by atoms with van der Waals surface area (Å²) >= 11 is 3.45. The molecule has 0 bridgehead atoms. The molecule has 116 valence electrons. The number of hydrogen-bond donors (Lipinski definition) is 1. The van der Waals surface area contributed by atoms with Crippen molar-refractivity contribution in [1.82, 2.24) is 5.32 Å². The minimum absolute atomic E-state index is 0.795. The smallest absolute Gasteiger partial charge is 0.134 e. The molecule has 1 heterocycles. The average molecular weight is 360 g/mol. The van der Waals surface area contributed by atoms with Crippen LogP contribution in [0.2, 0.25) is 0 Å². The van der Waals surface area contributed by atoms with Gasteiger partial charge in [0.2, 0.25) is 0 Å². The molecule has 0 saturated carbocycles. The van der Waals surface area contributed by atoms with Crippen LogP contribution in [0.25, 0.3) is 11.3 Å². The molecule has 1 aliphatic carbocycles. The van der Waals surface area contributed by atoms with Gasteiger partial charge >= 0.3 is 0 Å². The van der Waals surface area contributed by atoms with E-state index in [1.54, 1.807) is 5.57 Å². The van der Waals surface area contributed by atoms with Crippen LogP contribution in [0.15, 0.2) is 56.9 Å². The van der Waals surface area contributed by atoms with Crippen LogP contribution in [0.5, 0.6) is 0 Å². The van der Waals surface area contributed by atoms with Gasteiger partial charge in [0.1, 0.15) is 11.5 Å². The highest BCUT2D eigenvalue weighted by atomic mass is 79.9. The lowest BCUT2D eigenvalue weighted by Crippen LogP contribution is -2.15. The molecule has 0 fully saturated rings. The maximum atomic E-state index is 5.91. The fraction of sp³-hybridized carbons (Fsp3) is 0.368. The third-order valence-corrected chi connectivity index (χ3v) is 4.63. The van der Waals surface area contributed by atoms with E-state index in [1.165, 1.54) is 32.1 Å². The molecule has 1 aliphatic rings. The van der Waals surface area contributed by atoms with Crippen molar-refractivity contribution in [3.8, 4) is 11.3 Å². The third kappa shape index (κ3) is 4.34. The molecule has 2 nitrogen and oxygen atoms in total. The van der Waals surface area contributed by atoms with E-state index in [2.05, 4.69) is 45.5 Å². The van der Waals surface area contributed by atoms with E-state index >= 15 is 0 Å². The first-order valence-electron chi connectivity index (χ1n) is 8.04. The van der Waals surface area contributed by atoms with Gasteiger partial charge in [0.25, 0.3) is 0 Å². The Morgan fingerprint density at radius 1 is 1.05 bits per heavy atom. The van der Waals surface area contributed by atoms with E-state index in [-0.39, 0.29) is 0 Å². The first-order chi connectivity index (χ1) is 10.8. The number of allylic oxidation sites excluding steroid dienone is 1. The second kappa shape index (κ2) is 7.80. The molecule has 0 saturated heterocycles. The van der Waals surface area contributed by atoms with Gasteiger partial charge in [0, 0.05) is 10.0 Å². The van der Waals surface area contributed by atoms with Crippen molar-refractivity contribution in [2.24, 2.45) is 0 Å². The molecule has 1 N–H and O–H groups in total. The molecule has 1 aromatic heterocycles. The van der Waals surface area contributed by atoms with E-state index in [0.29, 0.717) is 0 Å². The van der Waals surface area contributed by atoms with Crippen molar-refractivity contribution in [2.45, 2.75) is 38.6 Å². The van der Waals surface area contributed by atoms with Crippen molar-refractivity contribution in [1.29, 1.82) is 0 Å². The highest BCUT2D eigenvalue weighted by molar-refractivity contribution is 9.10. The Morgan fingerprint density at radius 2 is 1.91 bits per heavy atom. The van der Waals surface area contributed by atoms with Gasteiger partial charge in [-0.25, -0.2) is 0 Å². The number of nitrogens with one attached hydrogen (secondary N) is 1. The molecule has 22 heavy (non-hydrogen) atoms. The topological polar surface area (TPSA) is 25.2 Å². The molecule has 0 atom stereocenters. The third-order valence-electron chi connectivity index (χ3n) is 4.10. The highest BCUT2D eigenvalue weighted by Crippen LogP contribution is 2.24. The van der Waals surface area contributed by atoms with Gasteiger partial charge in [0.15, 0.2) is 0 Å². The van der Waals surface area contributed by atoms with Gasteiger partial charge in [0.05, 0.1) is 6.54 Å². The number of hydrogen-bond acceptors (Lipinski definition) is 2. The fourth-order valence-corrected chi connectivity index (χ4v) is 3.10. The zero-order valence-electron chi connectivity index (χ0n) is 12.8. The zero-order chi connectivity index (χ0) is 15.2. The molecule has 0 radical (unpaired) electrons. The molecule has 1 aromatic carbocycles. The lowest BCUT2D eigenvalue weighted by atomic mass is 9.97. The van der Waals surface area contributed by atoms with Gasteiger partial charge in [-0.15, -0.1) is 0 Å². The second-order valence-corrected chi connectivity index (χ2v) is 6.72. The van der Waals surface area contributed by atoms with E-state index < -0.39 is 0 Å². The van der Waals surface area contributed by atoms with Crippen LogP contribution in [-0.2, 0) is 6.54 Å². The SMILES string of the molecule is Brc1ccc(-c2ccc(CNCCC3=CCCCC3)o2)cc1. The van der Waals surface area contributed by atoms with Crippen LogP contribution in [0.3, 0.4) is 0 Å². The van der Waals surface area contributed by atoms with Gasteiger partial charge in [-0.2, -0.15) is 0 Å². The lowest BCUT2D eigenvalue weighted by Gasteiger charge is -2.12. The number of halogens is 1. The van der Waals surface area contributed by atoms with Crippen LogP contribution in [0, 0.1) is 0 Å². The quantitative estimate of drug-likeness (QED) is 0.529. The summed E-state index contributed by atoms with van der Waals surface area (Å²) in [4.78, 5) is 0. The number of rotatable bonds is 6. The Labute approximate surface area is 140 Å². The second-order valence-electron chi connectivity index (χ2n) is 5.81. The summed E-state index contributed by atoms with van der Waals surface area (Å²) < 4.78 is 6.99. The summed E-state index contributed by atoms with van der Waals surface area (Å²) in [6.45, 7) is 1.82. The normalized spacial score (nSPS) is 14.9. The molecule has 0 aliphatic heterocycles. The van der Waals surface area contributed by atoms with E-state index in [1.807, 2.05) is 18.2 Å². The summed E-state index contributed by atoms with van der Waals surface area (Å²) in [5.41, 5.74) is 2.73. The van der Waals surface area contributed by atoms with Crippen LogP contribution in [0.1, 0.15) is 37.9 Å². The van der Waals surface area contributed by atoms with Crippen molar-refractivity contribution < 1.29 is 4.42 Å². The highest BCUT2D eigenvalue weighted by Gasteiger charge is 2.06. The molecule has 0 amide bonds. The summed E-state index contributed by atoms with van der Waals surface area (Å²) in [5.74, 6) is 1.93. The molecule has 3 heteroatoms. The van der Waals surface area contributed by atoms with E-state index in [4.69, 9.17) is 4.42 Å². The molecular weight excluding hydrogens is 338 g/mol. The Bertz CT molecular complexity index is 627. The van der Waals surface area contributed by atoms with Crippen LogP contribution in [0.4, 0.5) is 0 Å². The van der Waals surface area contributed by atoms with Crippen LogP contribution < -0.4 is 5.32 Å². The van der Waals surface area contributed by atoms with E-state index in [0.717, 1.165) is 34.6 Å². The maximum Gasteiger partial charge on any atom is 0.134 e. The average Bonchev–Trinajstić information content (AvgIpc) is 3.02. The van der Waals surface area contributed by atoms with Crippen LogP contribution in [-0.4, -0.2) is 6.54 Å². The zero-order valence-corrected chi connectivity index (χ0v) is 14.4. The predicted molar refractivity (Wildman–Crippen MR) is 94.7 cm³/mol. The van der Waals surface area contributed by atoms with Crippen molar-refractivity contribution in [2.75, 3.05) is 6.54 Å². The van der Waals surface area contributed by atoms with Gasteiger partial charge in [-0.1, -0.05) is 39.7 Å². The maximum absolute atomic E-state index is 5.91. The summed E-state index contributed by atoms with van der Waals surface area (Å²) in [5, 5.41) is 3.48. The van der Waals surface area contributed by atoms with E-state index in [9.17, 15) is 0 Å². The Hall–Kier alpha value is -1.32. The Kier molecular flexibility index (Phi) is 5.52.